The zero-order valence-corrected chi connectivity index (χ0v) is 16.5. The molecule has 0 saturated heterocycles. The molecule has 0 aliphatic heterocycles. The van der Waals surface area contributed by atoms with Gasteiger partial charge in [0, 0.05) is 0 Å². The van der Waals surface area contributed by atoms with Crippen LogP contribution in [0.15, 0.2) is 77.7 Å². The van der Waals surface area contributed by atoms with E-state index in [-0.39, 0.29) is 6.54 Å². The third kappa shape index (κ3) is 4.14. The Morgan fingerprint density at radius 1 is 0.889 bits per heavy atom. The second-order valence-corrected chi connectivity index (χ2v) is 8.29. The summed E-state index contributed by atoms with van der Waals surface area (Å²) >= 11 is 0. The van der Waals surface area contributed by atoms with E-state index in [0.717, 1.165) is 22.4 Å². The van der Waals surface area contributed by atoms with E-state index in [1.165, 1.54) is 4.31 Å². The molecule has 0 heterocycles. The smallest absolute Gasteiger partial charge is 0.264 e. The molecule has 0 bridgehead atoms. The third-order valence-corrected chi connectivity index (χ3v) is 6.37. The fraction of sp³-hybridized carbons (Fsp3) is 0.182. The third-order valence-electron chi connectivity index (χ3n) is 4.44. The van der Waals surface area contributed by atoms with Crippen molar-refractivity contribution in [2.75, 3.05) is 11.4 Å². The number of methoxy groups -OCH3 is 1. The maximum absolute atomic E-state index is 13.5. The Morgan fingerprint density at radius 3 is 2.22 bits per heavy atom. The summed E-state index contributed by atoms with van der Waals surface area (Å²) in [6, 6.07) is 22.0. The first-order chi connectivity index (χ1) is 12.9. The van der Waals surface area contributed by atoms with Crippen molar-refractivity contribution >= 4 is 15.7 Å². The van der Waals surface area contributed by atoms with E-state index < -0.39 is 10.0 Å². The second-order valence-electron chi connectivity index (χ2n) is 6.46. The summed E-state index contributed by atoms with van der Waals surface area (Å²) in [5.41, 5.74) is 3.26. The van der Waals surface area contributed by atoms with E-state index in [0.29, 0.717) is 10.6 Å². The molecule has 0 saturated carbocycles. The summed E-state index contributed by atoms with van der Waals surface area (Å²) in [5.74, 6) is 0.739. The van der Waals surface area contributed by atoms with Gasteiger partial charge in [0.25, 0.3) is 10.0 Å². The van der Waals surface area contributed by atoms with Crippen LogP contribution in [-0.2, 0) is 16.6 Å². The number of aryl methyl sites for hydroxylation is 2. The van der Waals surface area contributed by atoms with E-state index in [4.69, 9.17) is 4.74 Å². The molecule has 0 atom stereocenters. The largest absolute Gasteiger partial charge is 0.497 e. The molecule has 0 unspecified atom stereocenters. The zero-order valence-electron chi connectivity index (χ0n) is 15.7. The van der Waals surface area contributed by atoms with Crippen molar-refractivity contribution in [3.63, 3.8) is 0 Å². The Hall–Kier alpha value is -2.79. The van der Waals surface area contributed by atoms with Crippen molar-refractivity contribution in [2.45, 2.75) is 25.3 Å². The quantitative estimate of drug-likeness (QED) is 0.621. The maximum atomic E-state index is 13.5. The minimum Gasteiger partial charge on any atom is -0.497 e. The van der Waals surface area contributed by atoms with Gasteiger partial charge >= 0.3 is 0 Å². The summed E-state index contributed by atoms with van der Waals surface area (Å²) < 4.78 is 33.6. The zero-order chi connectivity index (χ0) is 19.4. The predicted molar refractivity (Wildman–Crippen MR) is 109 cm³/mol. The van der Waals surface area contributed by atoms with Crippen LogP contribution in [0.3, 0.4) is 0 Å². The highest BCUT2D eigenvalue weighted by molar-refractivity contribution is 7.92. The van der Waals surface area contributed by atoms with Crippen molar-refractivity contribution in [1.29, 1.82) is 0 Å². The highest BCUT2D eigenvalue weighted by Crippen LogP contribution is 2.28. The van der Waals surface area contributed by atoms with Crippen LogP contribution < -0.4 is 9.04 Å². The minimum absolute atomic E-state index is 0.240. The van der Waals surface area contributed by atoms with Crippen molar-refractivity contribution in [3.05, 3.63) is 89.5 Å². The fourth-order valence-electron chi connectivity index (χ4n) is 2.96. The lowest BCUT2D eigenvalue weighted by Crippen LogP contribution is -2.31. The Bertz CT molecular complexity index is 1030. The topological polar surface area (TPSA) is 46.6 Å². The molecule has 3 rings (SSSR count). The number of ether oxygens (including phenoxy) is 1. The molecule has 5 heteroatoms. The minimum atomic E-state index is -3.71. The highest BCUT2D eigenvalue weighted by Gasteiger charge is 2.26. The van der Waals surface area contributed by atoms with Crippen molar-refractivity contribution < 1.29 is 13.2 Å². The molecular weight excluding hydrogens is 358 g/mol. The van der Waals surface area contributed by atoms with Crippen LogP contribution in [0.5, 0.6) is 5.75 Å². The van der Waals surface area contributed by atoms with Crippen LogP contribution in [0, 0.1) is 13.8 Å². The van der Waals surface area contributed by atoms with Crippen LogP contribution >= 0.6 is 0 Å². The van der Waals surface area contributed by atoms with Crippen LogP contribution in [0.4, 0.5) is 5.69 Å². The van der Waals surface area contributed by atoms with Crippen LogP contribution in [0.1, 0.15) is 16.7 Å². The van der Waals surface area contributed by atoms with E-state index in [1.54, 1.807) is 19.2 Å². The summed E-state index contributed by atoms with van der Waals surface area (Å²) in [7, 11) is -2.11. The van der Waals surface area contributed by atoms with Gasteiger partial charge in [-0.1, -0.05) is 42.5 Å². The van der Waals surface area contributed by atoms with E-state index in [9.17, 15) is 8.42 Å². The van der Waals surface area contributed by atoms with Gasteiger partial charge in [0.05, 0.1) is 24.2 Å². The van der Waals surface area contributed by atoms with Gasteiger partial charge in [-0.25, -0.2) is 8.42 Å². The van der Waals surface area contributed by atoms with Gasteiger partial charge in [0.1, 0.15) is 5.75 Å². The summed E-state index contributed by atoms with van der Waals surface area (Å²) in [5, 5.41) is 0. The number of anilines is 1. The Kier molecular flexibility index (Phi) is 5.51. The lowest BCUT2D eigenvalue weighted by atomic mass is 10.2. The molecule has 0 aliphatic carbocycles. The number of benzene rings is 3. The average Bonchev–Trinajstić information content (AvgIpc) is 2.66. The first kappa shape index (κ1) is 19.0. The Labute approximate surface area is 161 Å². The number of nitrogens with zero attached hydrogens (tertiary/aromatic N) is 1. The van der Waals surface area contributed by atoms with Crippen LogP contribution in [0.25, 0.3) is 0 Å². The van der Waals surface area contributed by atoms with Gasteiger partial charge in [-0.3, -0.25) is 4.31 Å². The van der Waals surface area contributed by atoms with Crippen LogP contribution in [-0.4, -0.2) is 15.5 Å². The van der Waals surface area contributed by atoms with E-state index in [2.05, 4.69) is 0 Å². The highest BCUT2D eigenvalue weighted by atomic mass is 32.2. The lowest BCUT2D eigenvalue weighted by Gasteiger charge is -2.26. The molecule has 3 aromatic rings. The summed E-state index contributed by atoms with van der Waals surface area (Å²) in [6.07, 6.45) is 0. The monoisotopic (exact) mass is 381 g/mol. The van der Waals surface area contributed by atoms with Gasteiger partial charge in [0.2, 0.25) is 0 Å². The molecule has 4 nitrogen and oxygen atoms in total. The first-order valence-corrected chi connectivity index (χ1v) is 10.1. The van der Waals surface area contributed by atoms with Crippen molar-refractivity contribution in [2.24, 2.45) is 0 Å². The Morgan fingerprint density at radius 2 is 1.59 bits per heavy atom. The maximum Gasteiger partial charge on any atom is 0.264 e. The van der Waals surface area contributed by atoms with Crippen molar-refractivity contribution in [1.82, 2.24) is 0 Å². The normalized spacial score (nSPS) is 11.2. The summed E-state index contributed by atoms with van der Waals surface area (Å²) in [4.78, 5) is 0.319. The molecular formula is C22H23NO3S. The molecule has 0 spiro atoms. The Balaban J connectivity index is 2.08. The number of sulfonamides is 1. The van der Waals surface area contributed by atoms with E-state index >= 15 is 0 Å². The van der Waals surface area contributed by atoms with Gasteiger partial charge in [-0.05, 0) is 60.9 Å². The van der Waals surface area contributed by atoms with Gasteiger partial charge in [-0.2, -0.15) is 0 Å². The van der Waals surface area contributed by atoms with E-state index in [1.807, 2.05) is 74.5 Å². The lowest BCUT2D eigenvalue weighted by molar-refractivity contribution is 0.414. The molecule has 3 aromatic carbocycles. The SMILES string of the molecule is COc1ccc(CN(c2cccc(C)c2)S(=O)(=O)c2ccccc2C)cc1. The fourth-order valence-corrected chi connectivity index (χ4v) is 4.63. The predicted octanol–water partition coefficient (Wildman–Crippen LogP) is 4.71. The van der Waals surface area contributed by atoms with Gasteiger partial charge < -0.3 is 4.74 Å². The second kappa shape index (κ2) is 7.84. The summed E-state index contributed by atoms with van der Waals surface area (Å²) in [6.45, 7) is 4.01. The number of hydrogen-bond donors (Lipinski definition) is 0. The molecule has 0 N–H and O–H groups in total. The molecule has 0 fully saturated rings. The standard InChI is InChI=1S/C22H23NO3S/c1-17-7-6-9-20(15-17)23(16-19-11-13-21(26-3)14-12-19)27(24,25)22-10-5-4-8-18(22)2/h4-15H,16H2,1-3H3. The van der Waals surface area contributed by atoms with Crippen molar-refractivity contribution in [3.8, 4) is 5.75 Å². The molecule has 140 valence electrons. The molecule has 0 radical (unpaired) electrons. The van der Waals surface area contributed by atoms with Gasteiger partial charge in [-0.15, -0.1) is 0 Å². The molecule has 27 heavy (non-hydrogen) atoms. The van der Waals surface area contributed by atoms with Gasteiger partial charge in [0.15, 0.2) is 0 Å². The molecule has 0 aromatic heterocycles. The number of rotatable bonds is 6. The average molecular weight is 381 g/mol. The first-order valence-electron chi connectivity index (χ1n) is 8.70. The van der Waals surface area contributed by atoms with Crippen LogP contribution in [0.2, 0.25) is 0 Å². The molecule has 0 amide bonds. The number of hydrogen-bond acceptors (Lipinski definition) is 3. The molecule has 0 aliphatic rings.